The highest BCUT2D eigenvalue weighted by Gasteiger charge is 2.26. The summed E-state index contributed by atoms with van der Waals surface area (Å²) in [5.74, 6) is 0.0980. The maximum atomic E-state index is 11.7. The fraction of sp³-hybridized carbons (Fsp3) is 0.389. The van der Waals surface area contributed by atoms with Gasteiger partial charge in [0.25, 0.3) is 0 Å². The number of carbonyl (C=O) groups excluding carboxylic acids is 1. The first-order valence-corrected chi connectivity index (χ1v) is 9.62. The fourth-order valence-corrected chi connectivity index (χ4v) is 4.54. The first-order chi connectivity index (χ1) is 11.5. The summed E-state index contributed by atoms with van der Waals surface area (Å²) < 4.78 is 0. The average molecular weight is 358 g/mol. The van der Waals surface area contributed by atoms with Gasteiger partial charge in [-0.05, 0) is 37.9 Å². The molecule has 0 spiro atoms. The lowest BCUT2D eigenvalue weighted by Gasteiger charge is -2.27. The van der Waals surface area contributed by atoms with Crippen molar-refractivity contribution in [2.75, 3.05) is 13.6 Å². The molecule has 1 aliphatic heterocycles. The molecule has 3 rings (SSSR count). The number of pyridine rings is 1. The Morgan fingerprint density at radius 2 is 2.33 bits per heavy atom. The van der Waals surface area contributed by atoms with E-state index in [0.29, 0.717) is 10.6 Å². The smallest absolute Gasteiger partial charge is 0.142 e. The van der Waals surface area contributed by atoms with Crippen molar-refractivity contribution in [3.63, 3.8) is 0 Å². The normalized spacial score (nSPS) is 15.6. The summed E-state index contributed by atoms with van der Waals surface area (Å²) in [7, 11) is 2.09. The van der Waals surface area contributed by atoms with Crippen LogP contribution < -0.4 is 0 Å². The van der Waals surface area contributed by atoms with Gasteiger partial charge in [-0.1, -0.05) is 17.8 Å². The zero-order valence-corrected chi connectivity index (χ0v) is 15.6. The summed E-state index contributed by atoms with van der Waals surface area (Å²) in [5.41, 5.74) is 3.82. The number of rotatable bonds is 4. The van der Waals surface area contributed by atoms with Crippen LogP contribution in [0.25, 0.3) is 10.4 Å². The van der Waals surface area contributed by atoms with Gasteiger partial charge in [0.2, 0.25) is 0 Å². The Bertz CT molecular complexity index is 809. The number of aromatic nitrogens is 1. The fourth-order valence-electron chi connectivity index (χ4n) is 2.80. The first-order valence-electron chi connectivity index (χ1n) is 7.86. The van der Waals surface area contributed by atoms with Gasteiger partial charge in [0.05, 0.1) is 10.8 Å². The molecule has 1 aliphatic rings. The summed E-state index contributed by atoms with van der Waals surface area (Å²) in [6, 6.07) is 6.41. The van der Waals surface area contributed by atoms with Gasteiger partial charge in [0, 0.05) is 35.6 Å². The summed E-state index contributed by atoms with van der Waals surface area (Å²) >= 11 is 3.04. The van der Waals surface area contributed by atoms with Gasteiger partial charge in [-0.2, -0.15) is 5.26 Å². The molecule has 0 aromatic carbocycles. The molecule has 0 fully saturated rings. The third-order valence-corrected chi connectivity index (χ3v) is 6.34. The highest BCUT2D eigenvalue weighted by Crippen LogP contribution is 2.39. The van der Waals surface area contributed by atoms with Crippen molar-refractivity contribution in [2.45, 2.75) is 37.1 Å². The lowest BCUT2D eigenvalue weighted by molar-refractivity contribution is -0.116. The number of hydrogen-bond donors (Lipinski definition) is 0. The minimum Gasteiger partial charge on any atom is -0.302 e. The standard InChI is InChI=1S/C18H19N3OS2/c1-11(22)12(2)24-18-13(9-19)17(16-5-4-8-23-16)14-10-21(3)7-6-15(14)20-18/h4-5,8,12H,6-7,10H2,1-3H3/t12-/m1/s1. The predicted molar refractivity (Wildman–Crippen MR) is 98.3 cm³/mol. The first kappa shape index (κ1) is 17.2. The van der Waals surface area contributed by atoms with Gasteiger partial charge < -0.3 is 4.90 Å². The summed E-state index contributed by atoms with van der Waals surface area (Å²) in [4.78, 5) is 19.8. The second-order valence-electron chi connectivity index (χ2n) is 6.04. The molecule has 1 atom stereocenters. The Labute approximate surface area is 150 Å². The lowest BCUT2D eigenvalue weighted by atomic mass is 9.96. The van der Waals surface area contributed by atoms with Gasteiger partial charge in [0.1, 0.15) is 16.9 Å². The molecule has 124 valence electrons. The van der Waals surface area contributed by atoms with E-state index in [4.69, 9.17) is 4.98 Å². The Hall–Kier alpha value is -1.68. The maximum absolute atomic E-state index is 11.7. The number of nitriles is 1. The van der Waals surface area contributed by atoms with Gasteiger partial charge in [0.15, 0.2) is 0 Å². The summed E-state index contributed by atoms with van der Waals surface area (Å²) in [5, 5.41) is 12.3. The third kappa shape index (κ3) is 3.25. The topological polar surface area (TPSA) is 57.0 Å². The van der Waals surface area contributed by atoms with Crippen LogP contribution in [-0.4, -0.2) is 34.5 Å². The number of fused-ring (bicyclic) bond motifs is 1. The van der Waals surface area contributed by atoms with Crippen LogP contribution in [0.1, 0.15) is 30.7 Å². The van der Waals surface area contributed by atoms with E-state index in [1.165, 1.54) is 11.8 Å². The highest BCUT2D eigenvalue weighted by atomic mass is 32.2. The van der Waals surface area contributed by atoms with Crippen molar-refractivity contribution >= 4 is 28.9 Å². The van der Waals surface area contributed by atoms with Crippen LogP contribution in [0.4, 0.5) is 0 Å². The van der Waals surface area contributed by atoms with E-state index in [1.54, 1.807) is 18.3 Å². The van der Waals surface area contributed by atoms with E-state index in [0.717, 1.165) is 41.2 Å². The van der Waals surface area contributed by atoms with Crippen LogP contribution in [0.2, 0.25) is 0 Å². The van der Waals surface area contributed by atoms with Gasteiger partial charge in [-0.3, -0.25) is 4.79 Å². The number of ketones is 1. The number of likely N-dealkylation sites (N-methyl/N-ethyl adjacent to an activating group) is 1. The molecule has 0 radical (unpaired) electrons. The van der Waals surface area contributed by atoms with E-state index < -0.39 is 0 Å². The van der Waals surface area contributed by atoms with Crippen LogP contribution in [0.3, 0.4) is 0 Å². The molecule has 0 saturated heterocycles. The molecular formula is C18H19N3OS2. The number of thioether (sulfide) groups is 1. The molecule has 2 aromatic heterocycles. The monoisotopic (exact) mass is 357 g/mol. The van der Waals surface area contributed by atoms with E-state index in [2.05, 4.69) is 24.1 Å². The number of Topliss-reactive ketones (excluding diaryl/α,β-unsaturated/α-hetero) is 1. The van der Waals surface area contributed by atoms with E-state index in [1.807, 2.05) is 18.4 Å². The quantitative estimate of drug-likeness (QED) is 0.780. The van der Waals surface area contributed by atoms with Crippen molar-refractivity contribution in [3.05, 3.63) is 34.3 Å². The Balaban J connectivity index is 2.20. The van der Waals surface area contributed by atoms with E-state index in [9.17, 15) is 10.1 Å². The SMILES string of the molecule is CC(=O)[C@@H](C)Sc1nc2c(c(-c3cccs3)c1C#N)CN(C)CC2. The molecule has 0 unspecified atom stereocenters. The third-order valence-electron chi connectivity index (χ3n) is 4.25. The zero-order valence-electron chi connectivity index (χ0n) is 14.0. The van der Waals surface area contributed by atoms with Crippen molar-refractivity contribution in [1.29, 1.82) is 5.26 Å². The van der Waals surface area contributed by atoms with Gasteiger partial charge >= 0.3 is 0 Å². The predicted octanol–water partition coefficient (Wildman–Crippen LogP) is 3.74. The van der Waals surface area contributed by atoms with Crippen molar-refractivity contribution in [3.8, 4) is 16.5 Å². The van der Waals surface area contributed by atoms with Crippen molar-refractivity contribution in [2.24, 2.45) is 0 Å². The maximum Gasteiger partial charge on any atom is 0.142 e. The highest BCUT2D eigenvalue weighted by molar-refractivity contribution is 8.00. The average Bonchev–Trinajstić information content (AvgIpc) is 3.07. The number of carbonyl (C=O) groups is 1. The molecule has 0 aliphatic carbocycles. The molecule has 6 heteroatoms. The van der Waals surface area contributed by atoms with Crippen LogP contribution in [0.15, 0.2) is 22.5 Å². The second-order valence-corrected chi connectivity index (χ2v) is 8.32. The molecule has 3 heterocycles. The molecule has 0 amide bonds. The summed E-state index contributed by atoms with van der Waals surface area (Å²) in [6.45, 7) is 5.21. The van der Waals surface area contributed by atoms with Crippen LogP contribution in [0.5, 0.6) is 0 Å². The molecule has 4 nitrogen and oxygen atoms in total. The molecular weight excluding hydrogens is 338 g/mol. The van der Waals surface area contributed by atoms with E-state index >= 15 is 0 Å². The Morgan fingerprint density at radius 1 is 1.54 bits per heavy atom. The van der Waals surface area contributed by atoms with Crippen molar-refractivity contribution < 1.29 is 4.79 Å². The largest absolute Gasteiger partial charge is 0.302 e. The Kier molecular flexibility index (Phi) is 5.04. The zero-order chi connectivity index (χ0) is 17.3. The number of hydrogen-bond acceptors (Lipinski definition) is 6. The summed E-state index contributed by atoms with van der Waals surface area (Å²) in [6.07, 6.45) is 0.873. The van der Waals surface area contributed by atoms with Gasteiger partial charge in [-0.25, -0.2) is 4.98 Å². The lowest BCUT2D eigenvalue weighted by Crippen LogP contribution is -2.28. The molecule has 0 saturated carbocycles. The molecule has 0 N–H and O–H groups in total. The molecule has 2 aromatic rings. The molecule has 0 bridgehead atoms. The second kappa shape index (κ2) is 7.06. The minimum atomic E-state index is -0.204. The van der Waals surface area contributed by atoms with Crippen molar-refractivity contribution in [1.82, 2.24) is 9.88 Å². The van der Waals surface area contributed by atoms with Crippen LogP contribution >= 0.6 is 23.1 Å². The number of nitrogens with zero attached hydrogens (tertiary/aromatic N) is 3. The van der Waals surface area contributed by atoms with Gasteiger partial charge in [-0.15, -0.1) is 11.3 Å². The van der Waals surface area contributed by atoms with Crippen LogP contribution in [-0.2, 0) is 17.8 Å². The number of thiophene rings is 1. The molecule has 24 heavy (non-hydrogen) atoms. The minimum absolute atomic E-state index is 0.0980. The Morgan fingerprint density at radius 3 is 2.96 bits per heavy atom. The van der Waals surface area contributed by atoms with E-state index in [-0.39, 0.29) is 11.0 Å². The van der Waals surface area contributed by atoms with Crippen LogP contribution in [0, 0.1) is 11.3 Å².